The fourth-order valence-corrected chi connectivity index (χ4v) is 4.73. The van der Waals surface area contributed by atoms with Crippen molar-refractivity contribution < 1.29 is 22.5 Å². The molecule has 0 bridgehead atoms. The molecular formula is C23H25FN4O5S+. The number of nitro groups is 1. The zero-order valence-electron chi connectivity index (χ0n) is 18.5. The van der Waals surface area contributed by atoms with Crippen LogP contribution in [-0.4, -0.2) is 31.0 Å². The molecule has 2 aromatic carbocycles. The summed E-state index contributed by atoms with van der Waals surface area (Å²) in [6.45, 7) is 1.52. The lowest BCUT2D eigenvalue weighted by Gasteiger charge is -2.16. The van der Waals surface area contributed by atoms with E-state index in [0.717, 1.165) is 24.1 Å². The molecule has 34 heavy (non-hydrogen) atoms. The third-order valence-corrected chi connectivity index (χ3v) is 6.72. The molecule has 0 amide bonds. The SMILES string of the molecule is CC(=O)CCCCC[C@H](NS(=O)(=O)c1ccc([N+](=O)[O-])c(F)c1)C1=[N+]C=C(c2ccccc2)N1. The summed E-state index contributed by atoms with van der Waals surface area (Å²) in [5.74, 6) is -0.759. The number of unbranched alkanes of at least 4 members (excludes halogenated alkanes) is 2. The second-order valence-electron chi connectivity index (χ2n) is 7.89. The van der Waals surface area contributed by atoms with Gasteiger partial charge in [0.05, 0.1) is 9.82 Å². The van der Waals surface area contributed by atoms with Crippen molar-refractivity contribution in [1.29, 1.82) is 0 Å². The minimum absolute atomic E-state index is 0.0935. The Labute approximate surface area is 197 Å². The van der Waals surface area contributed by atoms with Gasteiger partial charge < -0.3 is 4.79 Å². The molecule has 2 aromatic rings. The third kappa shape index (κ3) is 6.55. The molecule has 0 unspecified atom stereocenters. The van der Waals surface area contributed by atoms with Gasteiger partial charge in [0.2, 0.25) is 15.8 Å². The molecule has 1 aliphatic rings. The van der Waals surface area contributed by atoms with E-state index >= 15 is 0 Å². The van der Waals surface area contributed by atoms with Gasteiger partial charge in [-0.1, -0.05) is 43.2 Å². The van der Waals surface area contributed by atoms with E-state index in [1.807, 2.05) is 30.3 Å². The van der Waals surface area contributed by atoms with Crippen LogP contribution < -0.4 is 15.0 Å². The lowest BCUT2D eigenvalue weighted by molar-refractivity contribution is -0.387. The second kappa shape index (κ2) is 11.1. The van der Waals surface area contributed by atoms with E-state index in [2.05, 4.69) is 15.0 Å². The monoisotopic (exact) mass is 488 g/mol. The van der Waals surface area contributed by atoms with Crippen LogP contribution in [0.25, 0.3) is 5.70 Å². The zero-order chi connectivity index (χ0) is 24.7. The Morgan fingerprint density at radius 2 is 1.91 bits per heavy atom. The van der Waals surface area contributed by atoms with Gasteiger partial charge in [-0.2, -0.15) is 9.11 Å². The first kappa shape index (κ1) is 25.2. The maximum absolute atomic E-state index is 14.1. The predicted molar refractivity (Wildman–Crippen MR) is 126 cm³/mol. The predicted octanol–water partition coefficient (Wildman–Crippen LogP) is 3.26. The summed E-state index contributed by atoms with van der Waals surface area (Å²) in [7, 11) is -4.21. The number of carbonyl (C=O) groups is 1. The molecule has 9 nitrogen and oxygen atoms in total. The molecule has 0 fully saturated rings. The number of rotatable bonds is 12. The summed E-state index contributed by atoms with van der Waals surface area (Å²) < 4.78 is 42.5. The van der Waals surface area contributed by atoms with Crippen LogP contribution in [0.1, 0.15) is 44.6 Å². The van der Waals surface area contributed by atoms with Crippen LogP contribution in [-0.2, 0) is 14.8 Å². The molecular weight excluding hydrogens is 463 g/mol. The fraction of sp³-hybridized carbons (Fsp3) is 0.304. The van der Waals surface area contributed by atoms with Crippen LogP contribution in [0.5, 0.6) is 0 Å². The van der Waals surface area contributed by atoms with Crippen molar-refractivity contribution in [3.63, 3.8) is 0 Å². The van der Waals surface area contributed by atoms with Gasteiger partial charge in [-0.15, -0.1) is 0 Å². The minimum Gasteiger partial charge on any atom is -0.300 e. The van der Waals surface area contributed by atoms with E-state index in [1.165, 1.54) is 6.92 Å². The van der Waals surface area contributed by atoms with E-state index in [0.29, 0.717) is 43.3 Å². The summed E-state index contributed by atoms with van der Waals surface area (Å²) in [6, 6.07) is 11.1. The van der Waals surface area contributed by atoms with Gasteiger partial charge >= 0.3 is 11.5 Å². The number of carbonyl (C=O) groups excluding carboxylic acids is 1. The Hall–Kier alpha value is -3.44. The van der Waals surface area contributed by atoms with Gasteiger partial charge in [0, 0.05) is 24.1 Å². The molecule has 0 saturated carbocycles. The molecule has 0 aromatic heterocycles. The van der Waals surface area contributed by atoms with Crippen molar-refractivity contribution in [1.82, 2.24) is 15.0 Å². The second-order valence-corrected chi connectivity index (χ2v) is 9.61. The van der Waals surface area contributed by atoms with Crippen molar-refractivity contribution in [3.8, 4) is 0 Å². The number of benzene rings is 2. The number of sulfonamides is 1. The molecule has 179 valence electrons. The molecule has 0 spiro atoms. The number of hydrogen-bond donors (Lipinski definition) is 2. The number of nitrogens with one attached hydrogen (secondary N) is 2. The summed E-state index contributed by atoms with van der Waals surface area (Å²) in [5.41, 5.74) is 0.777. The van der Waals surface area contributed by atoms with Crippen LogP contribution in [0.2, 0.25) is 0 Å². The molecule has 2 N–H and O–H groups in total. The van der Waals surface area contributed by atoms with E-state index < -0.39 is 37.4 Å². The van der Waals surface area contributed by atoms with Gasteiger partial charge in [0.1, 0.15) is 11.8 Å². The number of hydrogen-bond acceptors (Lipinski definition) is 7. The lowest BCUT2D eigenvalue weighted by atomic mass is 10.1. The van der Waals surface area contributed by atoms with Crippen LogP contribution in [0.4, 0.5) is 10.1 Å². The van der Waals surface area contributed by atoms with Gasteiger partial charge in [-0.25, -0.2) is 13.7 Å². The number of aliphatic imine (C=N–C) groups is 1. The number of nitro benzene ring substituents is 1. The van der Waals surface area contributed by atoms with E-state index in [9.17, 15) is 27.7 Å². The molecule has 0 saturated heterocycles. The quantitative estimate of drug-likeness (QED) is 0.268. The normalized spacial score (nSPS) is 14.2. The summed E-state index contributed by atoms with van der Waals surface area (Å²) in [6.07, 6.45) is 4.47. The first-order valence-corrected chi connectivity index (χ1v) is 12.2. The number of amidine groups is 1. The van der Waals surface area contributed by atoms with Crippen molar-refractivity contribution in [2.24, 2.45) is 0 Å². The average Bonchev–Trinajstić information content (AvgIpc) is 3.28. The third-order valence-electron chi connectivity index (χ3n) is 5.26. The Morgan fingerprint density at radius 1 is 1.18 bits per heavy atom. The highest BCUT2D eigenvalue weighted by molar-refractivity contribution is 7.89. The molecule has 0 aliphatic carbocycles. The molecule has 11 heteroatoms. The highest BCUT2D eigenvalue weighted by Crippen LogP contribution is 2.22. The molecule has 3 rings (SSSR count). The summed E-state index contributed by atoms with van der Waals surface area (Å²) in [5, 5.41) is 14.0. The smallest absolute Gasteiger partial charge is 0.300 e. The Morgan fingerprint density at radius 3 is 2.56 bits per heavy atom. The number of nitrogens with zero attached hydrogens (tertiary/aromatic N) is 2. The topological polar surface area (TPSA) is 133 Å². The largest absolute Gasteiger partial charge is 0.314 e. The lowest BCUT2D eigenvalue weighted by Crippen LogP contribution is -2.46. The number of Topliss-reactive ketones (excluding diaryl/α,β-unsaturated/α-hetero) is 1. The van der Waals surface area contributed by atoms with Crippen LogP contribution >= 0.6 is 0 Å². The fourth-order valence-electron chi connectivity index (χ4n) is 3.49. The molecule has 1 aliphatic heterocycles. The molecule has 1 radical (unpaired) electrons. The van der Waals surface area contributed by atoms with Gasteiger partial charge in [0.15, 0.2) is 11.9 Å². The zero-order valence-corrected chi connectivity index (χ0v) is 19.3. The Balaban J connectivity index is 1.76. The van der Waals surface area contributed by atoms with Crippen molar-refractivity contribution >= 4 is 33.0 Å². The van der Waals surface area contributed by atoms with Crippen molar-refractivity contribution in [2.45, 2.75) is 50.0 Å². The summed E-state index contributed by atoms with van der Waals surface area (Å²) in [4.78, 5) is 25.0. The van der Waals surface area contributed by atoms with E-state index in [1.54, 1.807) is 6.20 Å². The van der Waals surface area contributed by atoms with Gasteiger partial charge in [-0.3, -0.25) is 10.1 Å². The van der Waals surface area contributed by atoms with E-state index in [4.69, 9.17) is 0 Å². The standard InChI is InChI=1S/C23H25FN4O5S/c1-16(29)8-4-2-7-11-20(23-25-15-21(26-23)17-9-5-3-6-10-17)27-34(32,33)18-12-13-22(28(30)31)19(24)14-18/h3,5-6,9-10,12-15,20,26-27H,2,4,7-8,11H2,1H3/q+1/t20-/m0/s1. The maximum Gasteiger partial charge on any atom is 0.314 e. The maximum atomic E-state index is 14.1. The first-order chi connectivity index (χ1) is 16.2. The van der Waals surface area contributed by atoms with Gasteiger partial charge in [-0.05, 0) is 30.8 Å². The Kier molecular flexibility index (Phi) is 8.24. The highest BCUT2D eigenvalue weighted by atomic mass is 32.2. The highest BCUT2D eigenvalue weighted by Gasteiger charge is 2.33. The van der Waals surface area contributed by atoms with Crippen LogP contribution in [0.15, 0.2) is 59.6 Å². The minimum atomic E-state index is -4.21. The number of ketones is 1. The Bertz CT molecular complexity index is 1230. The van der Waals surface area contributed by atoms with Crippen LogP contribution in [0.3, 0.4) is 0 Å². The molecule has 1 heterocycles. The molecule has 1 atom stereocenters. The van der Waals surface area contributed by atoms with E-state index in [-0.39, 0.29) is 5.78 Å². The van der Waals surface area contributed by atoms with Crippen LogP contribution in [0, 0.1) is 15.9 Å². The average molecular weight is 489 g/mol. The van der Waals surface area contributed by atoms with Gasteiger partial charge in [0.25, 0.3) is 0 Å². The first-order valence-electron chi connectivity index (χ1n) is 10.7. The van der Waals surface area contributed by atoms with Crippen molar-refractivity contribution in [3.05, 3.63) is 76.2 Å². The number of halogens is 1. The van der Waals surface area contributed by atoms with Crippen molar-refractivity contribution in [2.75, 3.05) is 0 Å². The summed E-state index contributed by atoms with van der Waals surface area (Å²) >= 11 is 0.